The number of nitrogens with one attached hydrogen (secondary N) is 1. The smallest absolute Gasteiger partial charge is 0.227 e. The molecular formula is C22H26N4O. The van der Waals surface area contributed by atoms with Crippen LogP contribution in [0.4, 0.5) is 11.8 Å². The summed E-state index contributed by atoms with van der Waals surface area (Å²) < 4.78 is 5.12. The molecule has 0 aliphatic heterocycles. The number of hydrogen-bond acceptors (Lipinski definition) is 5. The van der Waals surface area contributed by atoms with E-state index < -0.39 is 0 Å². The number of anilines is 2. The molecule has 0 amide bonds. The van der Waals surface area contributed by atoms with E-state index in [1.165, 1.54) is 5.56 Å². The fraction of sp³-hybridized carbons (Fsp3) is 0.273. The van der Waals surface area contributed by atoms with Gasteiger partial charge in [0.1, 0.15) is 5.82 Å². The zero-order valence-corrected chi connectivity index (χ0v) is 15.9. The van der Waals surface area contributed by atoms with E-state index in [0.717, 1.165) is 43.2 Å². The lowest BCUT2D eigenvalue weighted by molar-refractivity contribution is 0.198. The molecule has 3 rings (SSSR count). The monoisotopic (exact) mass is 362 g/mol. The maximum Gasteiger partial charge on any atom is 0.227 e. The largest absolute Gasteiger partial charge is 0.385 e. The highest BCUT2D eigenvalue weighted by molar-refractivity contribution is 5.64. The van der Waals surface area contributed by atoms with Gasteiger partial charge < -0.3 is 15.0 Å². The molecule has 0 bridgehead atoms. The Balaban J connectivity index is 1.84. The van der Waals surface area contributed by atoms with Crippen molar-refractivity contribution in [3.8, 4) is 11.3 Å². The Morgan fingerprint density at radius 3 is 2.37 bits per heavy atom. The lowest BCUT2D eigenvalue weighted by Crippen LogP contribution is -2.20. The maximum absolute atomic E-state index is 5.12. The minimum atomic E-state index is 0.703. The Morgan fingerprint density at radius 2 is 1.67 bits per heavy atom. The van der Waals surface area contributed by atoms with Crippen LogP contribution >= 0.6 is 0 Å². The minimum Gasteiger partial charge on any atom is -0.385 e. The number of nitrogens with zero attached hydrogens (tertiary/aromatic N) is 3. The summed E-state index contributed by atoms with van der Waals surface area (Å²) in [6.45, 7) is 2.29. The van der Waals surface area contributed by atoms with E-state index in [-0.39, 0.29) is 0 Å². The van der Waals surface area contributed by atoms with Crippen molar-refractivity contribution in [2.75, 3.05) is 37.5 Å². The molecule has 140 valence electrons. The van der Waals surface area contributed by atoms with Gasteiger partial charge >= 0.3 is 0 Å². The highest BCUT2D eigenvalue weighted by Crippen LogP contribution is 2.23. The number of benzene rings is 2. The van der Waals surface area contributed by atoms with E-state index >= 15 is 0 Å². The van der Waals surface area contributed by atoms with Gasteiger partial charge in [-0.3, -0.25) is 0 Å². The van der Waals surface area contributed by atoms with Crippen LogP contribution in [-0.2, 0) is 11.3 Å². The number of hydrogen-bond donors (Lipinski definition) is 1. The molecule has 0 aliphatic rings. The van der Waals surface area contributed by atoms with Crippen molar-refractivity contribution >= 4 is 11.8 Å². The van der Waals surface area contributed by atoms with Crippen LogP contribution in [0.2, 0.25) is 0 Å². The second kappa shape index (κ2) is 9.69. The van der Waals surface area contributed by atoms with Gasteiger partial charge in [-0.1, -0.05) is 60.7 Å². The van der Waals surface area contributed by atoms with E-state index in [1.54, 1.807) is 7.11 Å². The normalized spacial score (nSPS) is 10.6. The molecule has 27 heavy (non-hydrogen) atoms. The molecule has 3 aromatic rings. The summed E-state index contributed by atoms with van der Waals surface area (Å²) in [5.74, 6) is 1.53. The fourth-order valence-corrected chi connectivity index (χ4v) is 2.81. The lowest BCUT2D eigenvalue weighted by atomic mass is 10.1. The second-order valence-electron chi connectivity index (χ2n) is 6.42. The van der Waals surface area contributed by atoms with Crippen LogP contribution in [0, 0.1) is 0 Å². The Kier molecular flexibility index (Phi) is 6.77. The summed E-state index contributed by atoms with van der Waals surface area (Å²) in [7, 11) is 3.74. The average Bonchev–Trinajstić information content (AvgIpc) is 2.72. The van der Waals surface area contributed by atoms with Crippen LogP contribution in [-0.4, -0.2) is 37.3 Å². The molecule has 2 aromatic carbocycles. The van der Waals surface area contributed by atoms with Crippen molar-refractivity contribution in [3.05, 3.63) is 72.3 Å². The van der Waals surface area contributed by atoms with E-state index in [9.17, 15) is 0 Å². The molecule has 0 saturated carbocycles. The van der Waals surface area contributed by atoms with Gasteiger partial charge in [0, 0.05) is 45.5 Å². The third-order valence-corrected chi connectivity index (χ3v) is 4.22. The van der Waals surface area contributed by atoms with E-state index in [4.69, 9.17) is 14.7 Å². The highest BCUT2D eigenvalue weighted by Gasteiger charge is 2.11. The van der Waals surface area contributed by atoms with E-state index in [2.05, 4.69) is 34.5 Å². The number of methoxy groups -OCH3 is 1. The Hall–Kier alpha value is -2.92. The van der Waals surface area contributed by atoms with Crippen molar-refractivity contribution in [1.82, 2.24) is 9.97 Å². The van der Waals surface area contributed by atoms with Gasteiger partial charge in [0.15, 0.2) is 0 Å². The molecule has 0 aliphatic carbocycles. The molecule has 1 N–H and O–H groups in total. The summed E-state index contributed by atoms with van der Waals surface area (Å²) >= 11 is 0. The van der Waals surface area contributed by atoms with Crippen molar-refractivity contribution < 1.29 is 4.74 Å². The molecule has 0 saturated heterocycles. The second-order valence-corrected chi connectivity index (χ2v) is 6.42. The summed E-state index contributed by atoms with van der Waals surface area (Å²) in [5.41, 5.74) is 3.22. The van der Waals surface area contributed by atoms with Gasteiger partial charge in [0.25, 0.3) is 0 Å². The molecule has 1 aromatic heterocycles. The summed E-state index contributed by atoms with van der Waals surface area (Å²) in [6.07, 6.45) is 0.927. The first-order chi connectivity index (χ1) is 13.3. The molecule has 0 atom stereocenters. The van der Waals surface area contributed by atoms with Crippen molar-refractivity contribution in [2.24, 2.45) is 0 Å². The third kappa shape index (κ3) is 5.53. The van der Waals surface area contributed by atoms with Crippen molar-refractivity contribution in [3.63, 3.8) is 0 Å². The molecule has 0 radical (unpaired) electrons. The van der Waals surface area contributed by atoms with Gasteiger partial charge in [-0.25, -0.2) is 4.98 Å². The molecule has 0 unspecified atom stereocenters. The molecule has 1 heterocycles. The fourth-order valence-electron chi connectivity index (χ4n) is 2.81. The quantitative estimate of drug-likeness (QED) is 0.577. The Bertz CT molecular complexity index is 824. The SMILES string of the molecule is COCCCNc1cc(-c2ccccc2)nc(N(C)Cc2ccccc2)n1. The van der Waals surface area contributed by atoms with Crippen molar-refractivity contribution in [1.29, 1.82) is 0 Å². The zero-order valence-electron chi connectivity index (χ0n) is 15.9. The van der Waals surface area contributed by atoms with Crippen LogP contribution < -0.4 is 10.2 Å². The van der Waals surface area contributed by atoms with E-state index in [0.29, 0.717) is 5.95 Å². The first-order valence-electron chi connectivity index (χ1n) is 9.18. The highest BCUT2D eigenvalue weighted by atomic mass is 16.5. The lowest BCUT2D eigenvalue weighted by Gasteiger charge is -2.19. The number of rotatable bonds is 9. The molecule has 0 fully saturated rings. The van der Waals surface area contributed by atoms with Gasteiger partial charge in [-0.05, 0) is 12.0 Å². The number of aromatic nitrogens is 2. The van der Waals surface area contributed by atoms with Crippen LogP contribution in [0.25, 0.3) is 11.3 Å². The predicted octanol–water partition coefficient (Wildman–Crippen LogP) is 4.23. The van der Waals surface area contributed by atoms with Gasteiger partial charge in [-0.2, -0.15) is 4.98 Å². The summed E-state index contributed by atoms with van der Waals surface area (Å²) in [5, 5.41) is 3.39. The topological polar surface area (TPSA) is 50.3 Å². The van der Waals surface area contributed by atoms with Crippen LogP contribution in [0.3, 0.4) is 0 Å². The first-order valence-corrected chi connectivity index (χ1v) is 9.18. The third-order valence-electron chi connectivity index (χ3n) is 4.22. The first kappa shape index (κ1) is 18.9. The van der Waals surface area contributed by atoms with E-state index in [1.807, 2.05) is 49.5 Å². The molecule has 0 spiro atoms. The standard InChI is InChI=1S/C22H26N4O/c1-26(17-18-10-5-3-6-11-18)22-24-20(19-12-7-4-8-13-19)16-21(25-22)23-14-9-15-27-2/h3-8,10-13,16H,9,14-15,17H2,1-2H3,(H,23,24,25). The molecule has 5 nitrogen and oxygen atoms in total. The molecular weight excluding hydrogens is 336 g/mol. The van der Waals surface area contributed by atoms with Crippen LogP contribution in [0.1, 0.15) is 12.0 Å². The van der Waals surface area contributed by atoms with Gasteiger partial charge in [0.2, 0.25) is 5.95 Å². The van der Waals surface area contributed by atoms with Gasteiger partial charge in [-0.15, -0.1) is 0 Å². The summed E-state index contributed by atoms with van der Waals surface area (Å²) in [4.78, 5) is 11.6. The zero-order chi connectivity index (χ0) is 18.9. The van der Waals surface area contributed by atoms with Crippen molar-refractivity contribution in [2.45, 2.75) is 13.0 Å². The number of ether oxygens (including phenoxy) is 1. The minimum absolute atomic E-state index is 0.703. The maximum atomic E-state index is 5.12. The average molecular weight is 362 g/mol. The Morgan fingerprint density at radius 1 is 0.963 bits per heavy atom. The molecule has 5 heteroatoms. The predicted molar refractivity (Wildman–Crippen MR) is 111 cm³/mol. The van der Waals surface area contributed by atoms with Gasteiger partial charge in [0.05, 0.1) is 5.69 Å². The summed E-state index contributed by atoms with van der Waals surface area (Å²) in [6, 6.07) is 22.5. The van der Waals surface area contributed by atoms with Crippen LogP contribution in [0.15, 0.2) is 66.7 Å². The van der Waals surface area contributed by atoms with Crippen LogP contribution in [0.5, 0.6) is 0 Å². The Labute approximate surface area is 161 Å².